The van der Waals surface area contributed by atoms with Gasteiger partial charge in [0.05, 0.1) is 12.0 Å². The third-order valence-electron chi connectivity index (χ3n) is 5.14. The Morgan fingerprint density at radius 1 is 1.14 bits per heavy atom. The van der Waals surface area contributed by atoms with Crippen LogP contribution in [0.2, 0.25) is 0 Å². The maximum atomic E-state index is 13.5. The highest BCUT2D eigenvalue weighted by Crippen LogP contribution is 2.43. The number of fused-ring (bicyclic) bond motifs is 1. The second-order valence-corrected chi connectivity index (χ2v) is 8.78. The van der Waals surface area contributed by atoms with E-state index in [0.717, 1.165) is 26.2 Å². The van der Waals surface area contributed by atoms with Crippen molar-refractivity contribution in [1.82, 2.24) is 4.90 Å². The predicted molar refractivity (Wildman–Crippen MR) is 116 cm³/mol. The Morgan fingerprint density at radius 3 is 2.64 bits per heavy atom. The van der Waals surface area contributed by atoms with Gasteiger partial charge in [-0.1, -0.05) is 40.2 Å². The van der Waals surface area contributed by atoms with Gasteiger partial charge in [0.25, 0.3) is 5.91 Å². The fraction of sp³-hybridized carbons (Fsp3) is 0.182. The van der Waals surface area contributed by atoms with E-state index >= 15 is 0 Å². The lowest BCUT2D eigenvalue weighted by Gasteiger charge is -2.39. The summed E-state index contributed by atoms with van der Waals surface area (Å²) in [4.78, 5) is 29.1. The lowest BCUT2D eigenvalue weighted by Crippen LogP contribution is -2.43. The molecule has 0 unspecified atom stereocenters. The molecule has 0 spiro atoms. The van der Waals surface area contributed by atoms with Gasteiger partial charge in [0.2, 0.25) is 5.91 Å². The number of aryl methyl sites for hydroxylation is 1. The minimum atomic E-state index is -0.486. The normalized spacial score (nSPS) is 18.7. The Balaban J connectivity index is 1.79. The molecule has 142 valence electrons. The fourth-order valence-corrected chi connectivity index (χ4v) is 5.13. The van der Waals surface area contributed by atoms with Gasteiger partial charge in [-0.15, -0.1) is 11.3 Å². The average Bonchev–Trinajstić information content (AvgIpc) is 3.21. The van der Waals surface area contributed by atoms with Crippen LogP contribution in [0.25, 0.3) is 0 Å². The number of halogens is 1. The molecular formula is C22H19BrN2O2S. The number of hydrogen-bond donors (Lipinski definition) is 1. The van der Waals surface area contributed by atoms with Crippen molar-refractivity contribution in [2.75, 3.05) is 12.4 Å². The van der Waals surface area contributed by atoms with Crippen molar-refractivity contribution in [3.05, 3.63) is 86.0 Å². The van der Waals surface area contributed by atoms with Crippen molar-refractivity contribution in [2.24, 2.45) is 0 Å². The molecule has 0 fully saturated rings. The van der Waals surface area contributed by atoms with Crippen LogP contribution in [-0.2, 0) is 4.79 Å². The maximum absolute atomic E-state index is 13.5. The third kappa shape index (κ3) is 3.27. The van der Waals surface area contributed by atoms with Crippen LogP contribution in [0.5, 0.6) is 0 Å². The molecule has 2 amide bonds. The van der Waals surface area contributed by atoms with Crippen LogP contribution in [-0.4, -0.2) is 23.8 Å². The molecule has 1 aliphatic rings. The summed E-state index contributed by atoms with van der Waals surface area (Å²) in [7, 11) is 1.77. The van der Waals surface area contributed by atoms with Crippen LogP contribution >= 0.6 is 27.3 Å². The molecule has 4 rings (SSSR count). The first kappa shape index (κ1) is 18.9. The van der Waals surface area contributed by atoms with E-state index in [1.807, 2.05) is 60.8 Å². The van der Waals surface area contributed by atoms with Crippen molar-refractivity contribution in [3.8, 4) is 0 Å². The zero-order chi connectivity index (χ0) is 19.8. The van der Waals surface area contributed by atoms with Gasteiger partial charge >= 0.3 is 0 Å². The maximum Gasteiger partial charge on any atom is 0.254 e. The number of hydrogen-bond acceptors (Lipinski definition) is 3. The topological polar surface area (TPSA) is 49.4 Å². The van der Waals surface area contributed by atoms with Gasteiger partial charge in [-0.05, 0) is 53.8 Å². The second kappa shape index (κ2) is 7.53. The molecule has 0 bridgehead atoms. The highest BCUT2D eigenvalue weighted by molar-refractivity contribution is 9.10. The van der Waals surface area contributed by atoms with Gasteiger partial charge in [-0.2, -0.15) is 0 Å². The first-order valence-electron chi connectivity index (χ1n) is 8.94. The molecule has 2 heterocycles. The molecule has 1 N–H and O–H groups in total. The number of anilines is 1. The summed E-state index contributed by atoms with van der Waals surface area (Å²) in [5.41, 5.74) is 3.11. The Bertz CT molecular complexity index is 1050. The first-order valence-corrected chi connectivity index (χ1v) is 10.6. The smallest absolute Gasteiger partial charge is 0.254 e. The van der Waals surface area contributed by atoms with Crippen LogP contribution in [0, 0.1) is 6.92 Å². The third-order valence-corrected chi connectivity index (χ3v) is 6.58. The number of rotatable bonds is 3. The zero-order valence-corrected chi connectivity index (χ0v) is 17.9. The Morgan fingerprint density at radius 2 is 1.93 bits per heavy atom. The van der Waals surface area contributed by atoms with E-state index in [-0.39, 0.29) is 17.9 Å². The van der Waals surface area contributed by atoms with Crippen molar-refractivity contribution >= 4 is 44.8 Å². The molecule has 0 saturated heterocycles. The van der Waals surface area contributed by atoms with Crippen LogP contribution in [0.3, 0.4) is 0 Å². The quantitative estimate of drug-likeness (QED) is 0.578. The highest BCUT2D eigenvalue weighted by Gasteiger charge is 2.43. The largest absolute Gasteiger partial charge is 0.333 e. The second-order valence-electron chi connectivity index (χ2n) is 6.89. The van der Waals surface area contributed by atoms with Crippen molar-refractivity contribution in [1.29, 1.82) is 0 Å². The minimum Gasteiger partial charge on any atom is -0.333 e. The molecule has 4 nitrogen and oxygen atoms in total. The van der Waals surface area contributed by atoms with E-state index in [9.17, 15) is 9.59 Å². The summed E-state index contributed by atoms with van der Waals surface area (Å²) in [5, 5.41) is 5.06. The summed E-state index contributed by atoms with van der Waals surface area (Å²) in [6.07, 6.45) is 0. The van der Waals surface area contributed by atoms with Crippen LogP contribution < -0.4 is 5.32 Å². The summed E-state index contributed by atoms with van der Waals surface area (Å²) in [6.45, 7) is 1.96. The highest BCUT2D eigenvalue weighted by atomic mass is 79.9. The van der Waals surface area contributed by atoms with Crippen LogP contribution in [0.15, 0.2) is 64.5 Å². The SMILES string of the molecule is Cc1cc(Br)ccc1NC(=O)[C@H]1c2ccccc2C(=O)N(C)[C@H]1c1cccs1. The summed E-state index contributed by atoms with van der Waals surface area (Å²) < 4.78 is 0.966. The van der Waals surface area contributed by atoms with Gasteiger partial charge in [0.15, 0.2) is 0 Å². The van der Waals surface area contributed by atoms with E-state index in [1.165, 1.54) is 0 Å². The molecule has 2 atom stereocenters. The summed E-state index contributed by atoms with van der Waals surface area (Å²) >= 11 is 5.02. The molecule has 1 aliphatic heterocycles. The van der Waals surface area contributed by atoms with E-state index < -0.39 is 5.92 Å². The number of amides is 2. The van der Waals surface area contributed by atoms with Crippen molar-refractivity contribution in [3.63, 3.8) is 0 Å². The Kier molecular flexibility index (Phi) is 5.08. The van der Waals surface area contributed by atoms with Gasteiger partial charge in [-0.3, -0.25) is 9.59 Å². The van der Waals surface area contributed by atoms with E-state index in [0.29, 0.717) is 5.56 Å². The van der Waals surface area contributed by atoms with Gasteiger partial charge in [0, 0.05) is 27.6 Å². The lowest BCUT2D eigenvalue weighted by atomic mass is 9.81. The summed E-state index contributed by atoms with van der Waals surface area (Å²) in [6, 6.07) is 16.8. The van der Waals surface area contributed by atoms with E-state index in [2.05, 4.69) is 21.2 Å². The minimum absolute atomic E-state index is 0.0575. The van der Waals surface area contributed by atoms with Crippen molar-refractivity contribution in [2.45, 2.75) is 18.9 Å². The zero-order valence-electron chi connectivity index (χ0n) is 15.5. The molecule has 6 heteroatoms. The molecule has 0 aliphatic carbocycles. The average molecular weight is 455 g/mol. The number of thiophene rings is 1. The number of carbonyl (C=O) groups excluding carboxylic acids is 2. The monoisotopic (exact) mass is 454 g/mol. The first-order chi connectivity index (χ1) is 13.5. The van der Waals surface area contributed by atoms with Crippen molar-refractivity contribution < 1.29 is 9.59 Å². The predicted octanol–water partition coefficient (Wildman–Crippen LogP) is 5.37. The molecule has 0 radical (unpaired) electrons. The number of benzene rings is 2. The van der Waals surface area contributed by atoms with Gasteiger partial charge < -0.3 is 10.2 Å². The molecule has 3 aromatic rings. The number of carbonyl (C=O) groups is 2. The fourth-order valence-electron chi connectivity index (χ4n) is 3.75. The summed E-state index contributed by atoms with van der Waals surface area (Å²) in [5.74, 6) is -0.658. The standard InChI is InChI=1S/C22H19BrN2O2S/c1-13-12-14(23)9-10-17(13)24-21(26)19-15-6-3-4-7-16(15)22(27)25(2)20(19)18-8-5-11-28-18/h3-12,19-20H,1-2H3,(H,24,26)/t19-,20-/m0/s1. The number of nitrogens with zero attached hydrogens (tertiary/aromatic N) is 1. The molecular weight excluding hydrogens is 436 g/mol. The van der Waals surface area contributed by atoms with Crippen LogP contribution in [0.1, 0.15) is 38.3 Å². The number of likely N-dealkylation sites (N-methyl/N-ethyl adjacent to an activating group) is 1. The molecule has 28 heavy (non-hydrogen) atoms. The molecule has 0 saturated carbocycles. The lowest BCUT2D eigenvalue weighted by molar-refractivity contribution is -0.119. The molecule has 1 aromatic heterocycles. The van der Waals surface area contributed by atoms with E-state index in [4.69, 9.17) is 0 Å². The Labute approximate surface area is 176 Å². The molecule has 2 aromatic carbocycles. The van der Waals surface area contributed by atoms with E-state index in [1.54, 1.807) is 29.4 Å². The van der Waals surface area contributed by atoms with Gasteiger partial charge in [0.1, 0.15) is 0 Å². The van der Waals surface area contributed by atoms with Crippen LogP contribution in [0.4, 0.5) is 5.69 Å². The van der Waals surface area contributed by atoms with Gasteiger partial charge in [-0.25, -0.2) is 0 Å². The number of nitrogens with one attached hydrogen (secondary N) is 1. The Hall–Kier alpha value is -2.44.